The molecule has 1 aliphatic rings. The van der Waals surface area contributed by atoms with Crippen molar-refractivity contribution in [3.8, 4) is 0 Å². The van der Waals surface area contributed by atoms with Gasteiger partial charge >= 0.3 is 0 Å². The molecule has 1 aromatic carbocycles. The van der Waals surface area contributed by atoms with E-state index in [0.29, 0.717) is 0 Å². The van der Waals surface area contributed by atoms with Crippen molar-refractivity contribution < 1.29 is 5.11 Å². The summed E-state index contributed by atoms with van der Waals surface area (Å²) in [5.41, 5.74) is 8.31. The number of β-amino-alcohol motifs (C(OH)–C–C–N with tert-alkyl or cyclic N) is 1. The van der Waals surface area contributed by atoms with Crippen LogP contribution in [-0.4, -0.2) is 24.3 Å². The molecule has 0 radical (unpaired) electrons. The fourth-order valence-corrected chi connectivity index (χ4v) is 2.33. The number of aliphatic hydroxyl groups excluding tert-OH is 1. The van der Waals surface area contributed by atoms with Crippen molar-refractivity contribution in [3.05, 3.63) is 29.8 Å². The van der Waals surface area contributed by atoms with Crippen LogP contribution in [0.15, 0.2) is 24.3 Å². The average molecular weight is 220 g/mol. The second-order valence-corrected chi connectivity index (χ2v) is 4.59. The summed E-state index contributed by atoms with van der Waals surface area (Å²) >= 11 is 0. The normalized spacial score (nSPS) is 23.2. The second-order valence-electron chi connectivity index (χ2n) is 4.59. The molecule has 0 amide bonds. The zero-order valence-electron chi connectivity index (χ0n) is 9.76. The average Bonchev–Trinajstić information content (AvgIpc) is 2.29. The van der Waals surface area contributed by atoms with E-state index in [1.54, 1.807) is 0 Å². The van der Waals surface area contributed by atoms with Crippen LogP contribution in [0.4, 0.5) is 5.69 Å². The molecule has 1 fully saturated rings. The maximum atomic E-state index is 9.70. The quantitative estimate of drug-likeness (QED) is 0.797. The zero-order valence-corrected chi connectivity index (χ0v) is 9.76. The number of benzene rings is 1. The molecule has 1 aliphatic heterocycles. The monoisotopic (exact) mass is 220 g/mol. The van der Waals surface area contributed by atoms with Crippen LogP contribution < -0.4 is 10.6 Å². The van der Waals surface area contributed by atoms with Gasteiger partial charge in [-0.3, -0.25) is 0 Å². The first-order chi connectivity index (χ1) is 7.68. The van der Waals surface area contributed by atoms with Crippen molar-refractivity contribution in [2.24, 2.45) is 5.73 Å². The van der Waals surface area contributed by atoms with Gasteiger partial charge in [-0.2, -0.15) is 0 Å². The molecule has 16 heavy (non-hydrogen) atoms. The lowest BCUT2D eigenvalue weighted by Crippen LogP contribution is -2.39. The summed E-state index contributed by atoms with van der Waals surface area (Å²) in [4.78, 5) is 2.24. The molecule has 0 saturated carbocycles. The first-order valence-electron chi connectivity index (χ1n) is 5.96. The molecule has 3 N–H and O–H groups in total. The van der Waals surface area contributed by atoms with E-state index in [1.165, 1.54) is 5.69 Å². The Hall–Kier alpha value is -1.06. The van der Waals surface area contributed by atoms with Gasteiger partial charge < -0.3 is 15.7 Å². The van der Waals surface area contributed by atoms with Crippen LogP contribution in [0.1, 0.15) is 31.4 Å². The summed E-state index contributed by atoms with van der Waals surface area (Å²) in [7, 11) is 0. The third-order valence-corrected chi connectivity index (χ3v) is 3.16. The van der Waals surface area contributed by atoms with Crippen LogP contribution in [0, 0.1) is 0 Å². The van der Waals surface area contributed by atoms with Gasteiger partial charge in [0, 0.05) is 24.8 Å². The number of aliphatic hydroxyl groups is 1. The van der Waals surface area contributed by atoms with Gasteiger partial charge in [0.2, 0.25) is 0 Å². The minimum absolute atomic E-state index is 0.0373. The molecule has 3 nitrogen and oxygen atoms in total. The van der Waals surface area contributed by atoms with Crippen molar-refractivity contribution >= 4 is 5.69 Å². The van der Waals surface area contributed by atoms with Crippen LogP contribution >= 0.6 is 0 Å². The molecule has 2 unspecified atom stereocenters. The molecule has 2 rings (SSSR count). The first kappa shape index (κ1) is 11.4. The molecule has 1 saturated heterocycles. The van der Waals surface area contributed by atoms with Crippen molar-refractivity contribution in [2.45, 2.75) is 31.9 Å². The molecular weight excluding hydrogens is 200 g/mol. The van der Waals surface area contributed by atoms with Gasteiger partial charge in [-0.05, 0) is 31.4 Å². The highest BCUT2D eigenvalue weighted by atomic mass is 16.3. The van der Waals surface area contributed by atoms with Gasteiger partial charge in [-0.25, -0.2) is 0 Å². The Balaban J connectivity index is 2.25. The number of para-hydroxylation sites is 1. The molecule has 1 heterocycles. The SMILES string of the molecule is CC(N)c1ccccc1N1CCCC(O)C1. The molecule has 0 bridgehead atoms. The lowest BCUT2D eigenvalue weighted by molar-refractivity contribution is 0.154. The lowest BCUT2D eigenvalue weighted by atomic mass is 10.0. The van der Waals surface area contributed by atoms with Crippen LogP contribution in [0.5, 0.6) is 0 Å². The van der Waals surface area contributed by atoms with Gasteiger partial charge in [0.25, 0.3) is 0 Å². The number of piperidine rings is 1. The molecule has 0 spiro atoms. The van der Waals surface area contributed by atoms with Gasteiger partial charge in [0.1, 0.15) is 0 Å². The molecular formula is C13H20N2O. The van der Waals surface area contributed by atoms with Crippen molar-refractivity contribution in [1.82, 2.24) is 0 Å². The summed E-state index contributed by atoms with van der Waals surface area (Å²) in [5, 5.41) is 9.70. The fourth-order valence-electron chi connectivity index (χ4n) is 2.33. The lowest BCUT2D eigenvalue weighted by Gasteiger charge is -2.34. The van der Waals surface area contributed by atoms with E-state index in [2.05, 4.69) is 17.0 Å². The Bertz CT molecular complexity index is 352. The van der Waals surface area contributed by atoms with Crippen molar-refractivity contribution in [1.29, 1.82) is 0 Å². The van der Waals surface area contributed by atoms with E-state index in [-0.39, 0.29) is 12.1 Å². The maximum absolute atomic E-state index is 9.70. The molecule has 0 aromatic heterocycles. The molecule has 0 aliphatic carbocycles. The highest BCUT2D eigenvalue weighted by molar-refractivity contribution is 5.55. The minimum Gasteiger partial charge on any atom is -0.391 e. The predicted octanol–water partition coefficient (Wildman–Crippen LogP) is 1.67. The Morgan fingerprint density at radius 2 is 2.19 bits per heavy atom. The topological polar surface area (TPSA) is 49.5 Å². The van der Waals surface area contributed by atoms with Gasteiger partial charge in [0.15, 0.2) is 0 Å². The van der Waals surface area contributed by atoms with Crippen LogP contribution in [0.3, 0.4) is 0 Å². The number of nitrogens with two attached hydrogens (primary N) is 1. The van der Waals surface area contributed by atoms with Crippen LogP contribution in [-0.2, 0) is 0 Å². The molecule has 3 heteroatoms. The Labute approximate surface area is 96.9 Å². The Morgan fingerprint density at radius 3 is 2.88 bits per heavy atom. The third kappa shape index (κ3) is 2.36. The Morgan fingerprint density at radius 1 is 1.44 bits per heavy atom. The van der Waals surface area contributed by atoms with E-state index >= 15 is 0 Å². The summed E-state index contributed by atoms with van der Waals surface area (Å²) in [5.74, 6) is 0. The molecule has 88 valence electrons. The van der Waals surface area contributed by atoms with E-state index in [4.69, 9.17) is 5.73 Å². The fraction of sp³-hybridized carbons (Fsp3) is 0.538. The number of nitrogens with zero attached hydrogens (tertiary/aromatic N) is 1. The predicted molar refractivity (Wildman–Crippen MR) is 66.5 cm³/mol. The van der Waals surface area contributed by atoms with E-state index in [9.17, 15) is 5.11 Å². The number of hydrogen-bond donors (Lipinski definition) is 2. The smallest absolute Gasteiger partial charge is 0.0715 e. The maximum Gasteiger partial charge on any atom is 0.0715 e. The number of hydrogen-bond acceptors (Lipinski definition) is 3. The van der Waals surface area contributed by atoms with E-state index < -0.39 is 0 Å². The summed E-state index contributed by atoms with van der Waals surface area (Å²) in [6, 6.07) is 8.25. The summed E-state index contributed by atoms with van der Waals surface area (Å²) in [6.45, 7) is 3.74. The molecule has 2 atom stereocenters. The highest BCUT2D eigenvalue weighted by Crippen LogP contribution is 2.27. The second kappa shape index (κ2) is 4.85. The van der Waals surface area contributed by atoms with Gasteiger partial charge in [-0.15, -0.1) is 0 Å². The van der Waals surface area contributed by atoms with E-state index in [1.807, 2.05) is 19.1 Å². The third-order valence-electron chi connectivity index (χ3n) is 3.16. The van der Waals surface area contributed by atoms with E-state index in [0.717, 1.165) is 31.5 Å². The zero-order chi connectivity index (χ0) is 11.5. The van der Waals surface area contributed by atoms with Crippen LogP contribution in [0.25, 0.3) is 0 Å². The van der Waals surface area contributed by atoms with Gasteiger partial charge in [0.05, 0.1) is 6.10 Å². The van der Waals surface area contributed by atoms with Crippen LogP contribution in [0.2, 0.25) is 0 Å². The number of rotatable bonds is 2. The Kier molecular flexibility index (Phi) is 3.46. The number of anilines is 1. The van der Waals surface area contributed by atoms with Crippen molar-refractivity contribution in [2.75, 3.05) is 18.0 Å². The summed E-state index contributed by atoms with van der Waals surface area (Å²) < 4.78 is 0. The largest absolute Gasteiger partial charge is 0.391 e. The highest BCUT2D eigenvalue weighted by Gasteiger charge is 2.20. The first-order valence-corrected chi connectivity index (χ1v) is 5.96. The van der Waals surface area contributed by atoms with Gasteiger partial charge in [-0.1, -0.05) is 18.2 Å². The molecule has 1 aromatic rings. The minimum atomic E-state index is -0.199. The summed E-state index contributed by atoms with van der Waals surface area (Å²) in [6.07, 6.45) is 1.76. The van der Waals surface area contributed by atoms with Crippen molar-refractivity contribution in [3.63, 3.8) is 0 Å². The standard InChI is InChI=1S/C13H20N2O/c1-10(14)12-6-2-3-7-13(12)15-8-4-5-11(16)9-15/h2-3,6-7,10-11,16H,4-5,8-9,14H2,1H3.